The molecule has 1 saturated heterocycles. The van der Waals surface area contributed by atoms with E-state index < -0.39 is 0 Å². The number of fused-ring (bicyclic) bond motifs is 1. The SMILES string of the molecule is N#Cc1cc2c(nc1NC1CCNCC1)CCCC2. The number of aryl methyl sites for hydroxylation is 2. The van der Waals surface area contributed by atoms with Crippen molar-refractivity contribution in [1.29, 1.82) is 5.26 Å². The normalized spacial score (nSPS) is 19.5. The van der Waals surface area contributed by atoms with Gasteiger partial charge in [0, 0.05) is 11.7 Å². The van der Waals surface area contributed by atoms with E-state index in [0.717, 1.165) is 44.6 Å². The monoisotopic (exact) mass is 256 g/mol. The zero-order chi connectivity index (χ0) is 13.1. The van der Waals surface area contributed by atoms with Crippen LogP contribution in [0.25, 0.3) is 0 Å². The van der Waals surface area contributed by atoms with Gasteiger partial charge in [-0.3, -0.25) is 0 Å². The maximum absolute atomic E-state index is 9.31. The van der Waals surface area contributed by atoms with Crippen LogP contribution in [0.2, 0.25) is 0 Å². The maximum Gasteiger partial charge on any atom is 0.144 e. The molecule has 2 N–H and O–H groups in total. The number of hydrogen-bond donors (Lipinski definition) is 2. The molecule has 0 unspecified atom stereocenters. The molecule has 0 radical (unpaired) electrons. The summed E-state index contributed by atoms with van der Waals surface area (Å²) in [5.41, 5.74) is 3.18. The van der Waals surface area contributed by atoms with Crippen molar-refractivity contribution in [3.05, 3.63) is 22.9 Å². The van der Waals surface area contributed by atoms with Gasteiger partial charge in [-0.2, -0.15) is 5.26 Å². The fourth-order valence-corrected chi connectivity index (χ4v) is 2.99. The standard InChI is InChI=1S/C15H20N4/c16-10-12-9-11-3-1-2-4-14(11)19-15(12)18-13-5-7-17-8-6-13/h9,13,17H,1-8H2,(H,18,19). The lowest BCUT2D eigenvalue weighted by Gasteiger charge is -2.25. The summed E-state index contributed by atoms with van der Waals surface area (Å²) in [4.78, 5) is 4.72. The molecule has 1 aromatic rings. The first-order valence-electron chi connectivity index (χ1n) is 7.27. The molecule has 1 aliphatic heterocycles. The third-order valence-corrected chi connectivity index (χ3v) is 4.10. The van der Waals surface area contributed by atoms with Gasteiger partial charge in [-0.1, -0.05) is 0 Å². The average molecular weight is 256 g/mol. The quantitative estimate of drug-likeness (QED) is 0.849. The largest absolute Gasteiger partial charge is 0.366 e. The van der Waals surface area contributed by atoms with Crippen LogP contribution in [0, 0.1) is 11.3 Å². The van der Waals surface area contributed by atoms with Crippen molar-refractivity contribution in [1.82, 2.24) is 10.3 Å². The van der Waals surface area contributed by atoms with Crippen molar-refractivity contribution in [3.63, 3.8) is 0 Å². The highest BCUT2D eigenvalue weighted by Crippen LogP contribution is 2.25. The Kier molecular flexibility index (Phi) is 3.65. The highest BCUT2D eigenvalue weighted by atomic mass is 15.0. The molecule has 100 valence electrons. The molecule has 1 aromatic heterocycles. The van der Waals surface area contributed by atoms with E-state index in [4.69, 9.17) is 4.98 Å². The predicted octanol–water partition coefficient (Wildman–Crippen LogP) is 2.00. The smallest absolute Gasteiger partial charge is 0.144 e. The fraction of sp³-hybridized carbons (Fsp3) is 0.600. The van der Waals surface area contributed by atoms with E-state index in [9.17, 15) is 5.26 Å². The summed E-state index contributed by atoms with van der Waals surface area (Å²) in [6.45, 7) is 2.09. The average Bonchev–Trinajstić information content (AvgIpc) is 2.47. The Bertz CT molecular complexity index is 498. The first-order chi connectivity index (χ1) is 9.36. The number of aromatic nitrogens is 1. The Morgan fingerprint density at radius 1 is 1.26 bits per heavy atom. The van der Waals surface area contributed by atoms with Gasteiger partial charge < -0.3 is 10.6 Å². The third kappa shape index (κ3) is 2.71. The lowest BCUT2D eigenvalue weighted by Crippen LogP contribution is -2.35. The number of anilines is 1. The molecule has 4 heteroatoms. The summed E-state index contributed by atoms with van der Waals surface area (Å²) in [6.07, 6.45) is 6.78. The fourth-order valence-electron chi connectivity index (χ4n) is 2.99. The Balaban J connectivity index is 1.84. The van der Waals surface area contributed by atoms with Crippen molar-refractivity contribution < 1.29 is 0 Å². The molecule has 0 bridgehead atoms. The lowest BCUT2D eigenvalue weighted by atomic mass is 9.95. The number of nitrogens with zero attached hydrogens (tertiary/aromatic N) is 2. The van der Waals surface area contributed by atoms with Crippen LogP contribution < -0.4 is 10.6 Å². The van der Waals surface area contributed by atoms with Gasteiger partial charge in [0.05, 0.1) is 5.56 Å². The predicted molar refractivity (Wildman–Crippen MR) is 75.1 cm³/mol. The minimum atomic E-state index is 0.447. The van der Waals surface area contributed by atoms with E-state index in [2.05, 4.69) is 16.7 Å². The first kappa shape index (κ1) is 12.4. The molecule has 0 amide bonds. The van der Waals surface area contributed by atoms with Crippen molar-refractivity contribution in [2.24, 2.45) is 0 Å². The Labute approximate surface area is 114 Å². The van der Waals surface area contributed by atoms with Gasteiger partial charge in [0.1, 0.15) is 11.9 Å². The van der Waals surface area contributed by atoms with Crippen LogP contribution in [0.4, 0.5) is 5.82 Å². The summed E-state index contributed by atoms with van der Waals surface area (Å²) >= 11 is 0. The second-order valence-corrected chi connectivity index (χ2v) is 5.48. The molecule has 2 heterocycles. The van der Waals surface area contributed by atoms with Crippen molar-refractivity contribution in [2.45, 2.75) is 44.6 Å². The second kappa shape index (κ2) is 5.58. The number of nitrogens with one attached hydrogen (secondary N) is 2. The molecule has 3 rings (SSSR count). The summed E-state index contributed by atoms with van der Waals surface area (Å²) in [6, 6.07) is 4.79. The number of piperidine rings is 1. The molecule has 0 atom stereocenters. The van der Waals surface area contributed by atoms with E-state index >= 15 is 0 Å². The molecule has 0 saturated carbocycles. The van der Waals surface area contributed by atoms with Crippen LogP contribution in [0.3, 0.4) is 0 Å². The molecule has 19 heavy (non-hydrogen) atoms. The van der Waals surface area contributed by atoms with Crippen molar-refractivity contribution in [3.8, 4) is 6.07 Å². The van der Waals surface area contributed by atoms with Gasteiger partial charge in [-0.25, -0.2) is 4.98 Å². The summed E-state index contributed by atoms with van der Waals surface area (Å²) in [5, 5.41) is 16.1. The van der Waals surface area contributed by atoms with Crippen molar-refractivity contribution in [2.75, 3.05) is 18.4 Å². The van der Waals surface area contributed by atoms with Gasteiger partial charge in [0.2, 0.25) is 0 Å². The summed E-state index contributed by atoms with van der Waals surface area (Å²) < 4.78 is 0. The molecule has 0 spiro atoms. The zero-order valence-electron chi connectivity index (χ0n) is 11.2. The summed E-state index contributed by atoms with van der Waals surface area (Å²) in [5.74, 6) is 0.801. The minimum Gasteiger partial charge on any atom is -0.366 e. The van der Waals surface area contributed by atoms with E-state index in [1.807, 2.05) is 6.07 Å². The van der Waals surface area contributed by atoms with E-state index in [-0.39, 0.29) is 0 Å². The van der Waals surface area contributed by atoms with E-state index in [1.54, 1.807) is 0 Å². The lowest BCUT2D eigenvalue weighted by molar-refractivity contribution is 0.478. The Morgan fingerprint density at radius 2 is 2.05 bits per heavy atom. The number of hydrogen-bond acceptors (Lipinski definition) is 4. The van der Waals surface area contributed by atoms with Crippen LogP contribution in [-0.4, -0.2) is 24.1 Å². The van der Waals surface area contributed by atoms with E-state index in [1.165, 1.54) is 24.1 Å². The second-order valence-electron chi connectivity index (χ2n) is 5.48. The highest BCUT2D eigenvalue weighted by Gasteiger charge is 2.18. The topological polar surface area (TPSA) is 60.7 Å². The van der Waals surface area contributed by atoms with Crippen LogP contribution in [-0.2, 0) is 12.8 Å². The van der Waals surface area contributed by atoms with Crippen LogP contribution in [0.5, 0.6) is 0 Å². The number of pyridine rings is 1. The number of rotatable bonds is 2. The van der Waals surface area contributed by atoms with Crippen LogP contribution in [0.15, 0.2) is 6.07 Å². The maximum atomic E-state index is 9.31. The van der Waals surface area contributed by atoms with Gasteiger partial charge in [-0.15, -0.1) is 0 Å². The summed E-state index contributed by atoms with van der Waals surface area (Å²) in [7, 11) is 0. The molecule has 0 aromatic carbocycles. The Hall–Kier alpha value is -1.60. The van der Waals surface area contributed by atoms with Crippen LogP contribution >= 0.6 is 0 Å². The molecule has 1 fully saturated rings. The molecule has 1 aliphatic carbocycles. The number of nitriles is 1. The molecule has 4 nitrogen and oxygen atoms in total. The van der Waals surface area contributed by atoms with Crippen molar-refractivity contribution >= 4 is 5.82 Å². The molecular formula is C15H20N4. The minimum absolute atomic E-state index is 0.447. The zero-order valence-corrected chi connectivity index (χ0v) is 11.2. The van der Waals surface area contributed by atoms with Gasteiger partial charge >= 0.3 is 0 Å². The van der Waals surface area contributed by atoms with Gasteiger partial charge in [0.25, 0.3) is 0 Å². The molecule has 2 aliphatic rings. The van der Waals surface area contributed by atoms with Gasteiger partial charge in [0.15, 0.2) is 0 Å². The highest BCUT2D eigenvalue weighted by molar-refractivity contribution is 5.55. The van der Waals surface area contributed by atoms with Gasteiger partial charge in [-0.05, 0) is 63.2 Å². The van der Waals surface area contributed by atoms with Crippen LogP contribution in [0.1, 0.15) is 42.5 Å². The Morgan fingerprint density at radius 3 is 2.84 bits per heavy atom. The third-order valence-electron chi connectivity index (χ3n) is 4.10. The van der Waals surface area contributed by atoms with E-state index in [0.29, 0.717) is 11.6 Å². The first-order valence-corrected chi connectivity index (χ1v) is 7.27. The molecular weight excluding hydrogens is 236 g/mol.